The van der Waals surface area contributed by atoms with Crippen LogP contribution in [0, 0.1) is 15.9 Å². The van der Waals surface area contributed by atoms with Gasteiger partial charge in [0.2, 0.25) is 0 Å². The summed E-state index contributed by atoms with van der Waals surface area (Å²) in [6.45, 7) is 0. The van der Waals surface area contributed by atoms with Crippen molar-refractivity contribution in [2.75, 3.05) is 14.2 Å². The van der Waals surface area contributed by atoms with E-state index in [1.807, 2.05) is 0 Å². The van der Waals surface area contributed by atoms with Crippen LogP contribution in [0.15, 0.2) is 12.1 Å². The maximum atomic E-state index is 13.4. The first-order valence-corrected chi connectivity index (χ1v) is 4.72. The predicted molar refractivity (Wildman–Crippen MR) is 57.2 cm³/mol. The minimum absolute atomic E-state index is 0.371. The van der Waals surface area contributed by atoms with Gasteiger partial charge in [-0.3, -0.25) is 19.7 Å². The van der Waals surface area contributed by atoms with Crippen molar-refractivity contribution in [3.63, 3.8) is 0 Å². The van der Waals surface area contributed by atoms with E-state index in [2.05, 4.69) is 4.84 Å². The molecule has 0 spiro atoms. The van der Waals surface area contributed by atoms with Crippen LogP contribution in [-0.4, -0.2) is 30.1 Å². The highest BCUT2D eigenvalue weighted by atomic mass is 35.5. The van der Waals surface area contributed by atoms with Gasteiger partial charge in [-0.15, -0.1) is 0 Å². The fourth-order valence-electron chi connectivity index (χ4n) is 1.09. The van der Waals surface area contributed by atoms with Crippen molar-refractivity contribution in [1.29, 1.82) is 0 Å². The van der Waals surface area contributed by atoms with Gasteiger partial charge in [0.05, 0.1) is 17.6 Å². The second-order valence-electron chi connectivity index (χ2n) is 3.03. The average molecular weight is 263 g/mol. The number of benzene rings is 1. The quantitative estimate of drug-likeness (QED) is 0.617. The van der Waals surface area contributed by atoms with E-state index in [9.17, 15) is 19.3 Å². The molecule has 0 heterocycles. The molecular weight excluding hydrogens is 255 g/mol. The van der Waals surface area contributed by atoms with Crippen molar-refractivity contribution >= 4 is 23.2 Å². The van der Waals surface area contributed by atoms with E-state index < -0.39 is 27.9 Å². The molecule has 1 rings (SSSR count). The van der Waals surface area contributed by atoms with Gasteiger partial charge in [-0.25, -0.2) is 9.45 Å². The molecule has 0 radical (unpaired) electrons. The number of hydrogen-bond acceptors (Lipinski definition) is 4. The number of hydrogen-bond donors (Lipinski definition) is 0. The molecule has 0 bridgehead atoms. The minimum atomic E-state index is -0.950. The van der Waals surface area contributed by atoms with Gasteiger partial charge < -0.3 is 0 Å². The molecule has 8 heteroatoms. The van der Waals surface area contributed by atoms with Crippen molar-refractivity contribution in [2.45, 2.75) is 0 Å². The molecule has 0 saturated heterocycles. The number of hydroxylamine groups is 2. The Balaban J connectivity index is 3.30. The molecule has 0 fully saturated rings. The smallest absolute Gasteiger partial charge is 0.274 e. The second-order valence-corrected chi connectivity index (χ2v) is 3.43. The van der Waals surface area contributed by atoms with E-state index >= 15 is 0 Å². The maximum Gasteiger partial charge on any atom is 0.288 e. The summed E-state index contributed by atoms with van der Waals surface area (Å²) in [6, 6.07) is 1.49. The largest absolute Gasteiger partial charge is 0.288 e. The van der Waals surface area contributed by atoms with Crippen LogP contribution in [-0.2, 0) is 4.84 Å². The number of halogens is 2. The summed E-state index contributed by atoms with van der Waals surface area (Å²) in [4.78, 5) is 25.9. The van der Waals surface area contributed by atoms with Crippen LogP contribution in [0.1, 0.15) is 10.4 Å². The predicted octanol–water partition coefficient (Wildman–Crippen LogP) is 2.02. The summed E-state index contributed by atoms with van der Waals surface area (Å²) >= 11 is 5.48. The molecule has 0 atom stereocenters. The van der Waals surface area contributed by atoms with E-state index in [-0.39, 0.29) is 5.02 Å². The highest BCUT2D eigenvalue weighted by Gasteiger charge is 2.23. The zero-order valence-corrected chi connectivity index (χ0v) is 9.69. The highest BCUT2D eigenvalue weighted by Crippen LogP contribution is 2.27. The van der Waals surface area contributed by atoms with Crippen LogP contribution in [0.25, 0.3) is 0 Å². The van der Waals surface area contributed by atoms with Gasteiger partial charge in [-0.1, -0.05) is 11.6 Å². The van der Waals surface area contributed by atoms with E-state index in [0.29, 0.717) is 0 Å². The SMILES string of the molecule is CON(C)C(=O)c1cc([N+](=O)[O-])c(Cl)cc1F. The van der Waals surface area contributed by atoms with Crippen molar-refractivity contribution in [2.24, 2.45) is 0 Å². The Labute approximate surface area is 101 Å². The molecule has 0 aliphatic heterocycles. The Morgan fingerprint density at radius 2 is 2.18 bits per heavy atom. The van der Waals surface area contributed by atoms with Crippen molar-refractivity contribution in [3.8, 4) is 0 Å². The van der Waals surface area contributed by atoms with Crippen LogP contribution in [0.5, 0.6) is 0 Å². The normalized spacial score (nSPS) is 10.1. The Morgan fingerprint density at radius 3 is 2.65 bits per heavy atom. The number of carbonyl (C=O) groups excluding carboxylic acids is 1. The third kappa shape index (κ3) is 2.69. The summed E-state index contributed by atoms with van der Waals surface area (Å²) in [6.07, 6.45) is 0. The summed E-state index contributed by atoms with van der Waals surface area (Å²) in [5.41, 5.74) is -1.02. The van der Waals surface area contributed by atoms with Crippen LogP contribution < -0.4 is 0 Å². The van der Waals surface area contributed by atoms with Gasteiger partial charge in [-0.2, -0.15) is 0 Å². The molecule has 6 nitrogen and oxygen atoms in total. The number of rotatable bonds is 3. The van der Waals surface area contributed by atoms with Gasteiger partial charge >= 0.3 is 0 Å². The molecule has 17 heavy (non-hydrogen) atoms. The van der Waals surface area contributed by atoms with E-state index in [0.717, 1.165) is 17.2 Å². The first kappa shape index (κ1) is 13.3. The van der Waals surface area contributed by atoms with Crippen molar-refractivity contribution < 1.29 is 18.9 Å². The molecule has 0 unspecified atom stereocenters. The molecule has 0 aromatic heterocycles. The van der Waals surface area contributed by atoms with Gasteiger partial charge in [0, 0.05) is 19.2 Å². The summed E-state index contributed by atoms with van der Waals surface area (Å²) in [5.74, 6) is -1.79. The number of amides is 1. The van der Waals surface area contributed by atoms with Crippen LogP contribution in [0.4, 0.5) is 10.1 Å². The minimum Gasteiger partial charge on any atom is -0.274 e. The zero-order chi connectivity index (χ0) is 13.2. The standard InChI is InChI=1S/C9H8ClFN2O4/c1-12(17-2)9(14)5-3-8(13(15)16)6(10)4-7(5)11/h3-4H,1-2H3. The van der Waals surface area contributed by atoms with Gasteiger partial charge in [-0.05, 0) is 0 Å². The molecule has 0 N–H and O–H groups in total. The third-order valence-corrected chi connectivity index (χ3v) is 2.33. The lowest BCUT2D eigenvalue weighted by atomic mass is 10.1. The second kappa shape index (κ2) is 5.07. The zero-order valence-electron chi connectivity index (χ0n) is 8.94. The van der Waals surface area contributed by atoms with Crippen LogP contribution in [0.2, 0.25) is 5.02 Å². The van der Waals surface area contributed by atoms with Gasteiger partial charge in [0.15, 0.2) is 0 Å². The fourth-order valence-corrected chi connectivity index (χ4v) is 1.31. The van der Waals surface area contributed by atoms with Crippen molar-refractivity contribution in [1.82, 2.24) is 5.06 Å². The first-order valence-electron chi connectivity index (χ1n) is 4.34. The van der Waals surface area contributed by atoms with Crippen molar-refractivity contribution in [3.05, 3.63) is 38.7 Å². The van der Waals surface area contributed by atoms with E-state index in [1.165, 1.54) is 14.2 Å². The molecule has 1 aromatic rings. The Hall–Kier alpha value is -1.73. The highest BCUT2D eigenvalue weighted by molar-refractivity contribution is 6.32. The van der Waals surface area contributed by atoms with Crippen LogP contribution in [0.3, 0.4) is 0 Å². The van der Waals surface area contributed by atoms with E-state index in [1.54, 1.807) is 0 Å². The van der Waals surface area contributed by atoms with Crippen LogP contribution >= 0.6 is 11.6 Å². The molecule has 0 aliphatic rings. The first-order chi connectivity index (χ1) is 7.88. The monoisotopic (exact) mass is 262 g/mol. The number of carbonyl (C=O) groups is 1. The Bertz CT molecular complexity index is 480. The molecule has 0 aliphatic carbocycles. The molecule has 1 aromatic carbocycles. The summed E-state index contributed by atoms with van der Waals surface area (Å²) in [7, 11) is 2.46. The molecular formula is C9H8ClFN2O4. The van der Waals surface area contributed by atoms with Gasteiger partial charge in [0.1, 0.15) is 10.8 Å². The summed E-state index contributed by atoms with van der Waals surface area (Å²) in [5, 5.41) is 11.0. The average Bonchev–Trinajstić information content (AvgIpc) is 2.26. The lowest BCUT2D eigenvalue weighted by Crippen LogP contribution is -2.26. The number of nitrogens with zero attached hydrogens (tertiary/aromatic N) is 2. The van der Waals surface area contributed by atoms with Gasteiger partial charge in [0.25, 0.3) is 11.6 Å². The summed E-state index contributed by atoms with van der Waals surface area (Å²) < 4.78 is 13.4. The number of nitro groups is 1. The molecule has 1 amide bonds. The lowest BCUT2D eigenvalue weighted by molar-refractivity contribution is -0.384. The number of nitro benzene ring substituents is 1. The van der Waals surface area contributed by atoms with E-state index in [4.69, 9.17) is 11.6 Å². The fraction of sp³-hybridized carbons (Fsp3) is 0.222. The maximum absolute atomic E-state index is 13.4. The third-order valence-electron chi connectivity index (χ3n) is 2.02. The topological polar surface area (TPSA) is 72.7 Å². The Morgan fingerprint density at radius 1 is 1.59 bits per heavy atom. The lowest BCUT2D eigenvalue weighted by Gasteiger charge is -2.13. The molecule has 92 valence electrons. The molecule has 0 saturated carbocycles. The Kier molecular flexibility index (Phi) is 3.97.